The van der Waals surface area contributed by atoms with Crippen molar-refractivity contribution in [1.82, 2.24) is 4.90 Å². The summed E-state index contributed by atoms with van der Waals surface area (Å²) in [7, 11) is 0. The number of carbonyl (C=O) groups excluding carboxylic acids is 3. The van der Waals surface area contributed by atoms with Crippen molar-refractivity contribution in [2.45, 2.75) is 38.0 Å². The maximum Gasteiger partial charge on any atom is 0.226 e. The van der Waals surface area contributed by atoms with Gasteiger partial charge in [-0.1, -0.05) is 30.3 Å². The van der Waals surface area contributed by atoms with Gasteiger partial charge in [0.1, 0.15) is 0 Å². The third-order valence-electron chi connectivity index (χ3n) is 5.54. The smallest absolute Gasteiger partial charge is 0.226 e. The summed E-state index contributed by atoms with van der Waals surface area (Å²) in [5.74, 6) is -1.000. The zero-order valence-corrected chi connectivity index (χ0v) is 14.3. The maximum atomic E-state index is 13.3. The van der Waals surface area contributed by atoms with Gasteiger partial charge in [-0.25, -0.2) is 0 Å². The fourth-order valence-corrected chi connectivity index (χ4v) is 4.41. The first-order valence-electron chi connectivity index (χ1n) is 8.82. The highest BCUT2D eigenvalue weighted by Gasteiger charge is 2.63. The van der Waals surface area contributed by atoms with Crippen molar-refractivity contribution < 1.29 is 19.1 Å². The van der Waals surface area contributed by atoms with E-state index in [-0.39, 0.29) is 11.4 Å². The lowest BCUT2D eigenvalue weighted by Crippen LogP contribution is -2.58. The molecule has 5 rings (SSSR count). The lowest BCUT2D eigenvalue weighted by Gasteiger charge is -2.46. The number of fused-ring (bicyclic) bond motifs is 4. The number of ketones is 3. The SMILES string of the molecule is CC1=CN2C3=C(C(=O)CCC3)C3(O[C@@H]2C=C1)C(=O)c1ccccc1C3=O. The average molecular weight is 347 g/mol. The predicted octanol–water partition coefficient (Wildman–Crippen LogP) is 2.94. The van der Waals surface area contributed by atoms with Crippen molar-refractivity contribution in [1.29, 1.82) is 0 Å². The van der Waals surface area contributed by atoms with E-state index in [9.17, 15) is 14.4 Å². The van der Waals surface area contributed by atoms with Crippen molar-refractivity contribution in [2.24, 2.45) is 0 Å². The number of benzene rings is 1. The van der Waals surface area contributed by atoms with Crippen molar-refractivity contribution >= 4 is 17.3 Å². The molecule has 1 atom stereocenters. The molecule has 0 aromatic heterocycles. The molecule has 5 heteroatoms. The van der Waals surface area contributed by atoms with Crippen LogP contribution in [0.2, 0.25) is 0 Å². The van der Waals surface area contributed by atoms with E-state index >= 15 is 0 Å². The Hall–Kier alpha value is -2.79. The van der Waals surface area contributed by atoms with Crippen LogP contribution >= 0.6 is 0 Å². The predicted molar refractivity (Wildman–Crippen MR) is 93.3 cm³/mol. The molecule has 1 aromatic rings. The van der Waals surface area contributed by atoms with Crippen molar-refractivity contribution in [3.63, 3.8) is 0 Å². The molecule has 0 fully saturated rings. The summed E-state index contributed by atoms with van der Waals surface area (Å²) in [6.07, 6.45) is 6.79. The fraction of sp³-hybridized carbons (Fsp3) is 0.286. The van der Waals surface area contributed by atoms with Gasteiger partial charge in [0.15, 0.2) is 12.0 Å². The molecule has 2 aliphatic carbocycles. The van der Waals surface area contributed by atoms with Crippen LogP contribution in [0.1, 0.15) is 46.9 Å². The van der Waals surface area contributed by atoms with Gasteiger partial charge >= 0.3 is 0 Å². The second kappa shape index (κ2) is 5.11. The molecule has 2 heterocycles. The van der Waals surface area contributed by atoms with Crippen LogP contribution in [-0.4, -0.2) is 34.1 Å². The number of ether oxygens (including phenoxy) is 1. The molecule has 26 heavy (non-hydrogen) atoms. The molecule has 0 radical (unpaired) electrons. The van der Waals surface area contributed by atoms with E-state index in [4.69, 9.17) is 4.74 Å². The summed E-state index contributed by atoms with van der Waals surface area (Å²) in [4.78, 5) is 41.4. The summed E-state index contributed by atoms with van der Waals surface area (Å²) >= 11 is 0. The molecule has 0 unspecified atom stereocenters. The molecule has 1 spiro atoms. The maximum absolute atomic E-state index is 13.3. The highest BCUT2D eigenvalue weighted by Crippen LogP contribution is 2.48. The Labute approximate surface area is 150 Å². The lowest BCUT2D eigenvalue weighted by molar-refractivity contribution is -0.124. The van der Waals surface area contributed by atoms with E-state index in [1.54, 1.807) is 24.3 Å². The monoisotopic (exact) mass is 347 g/mol. The first-order valence-corrected chi connectivity index (χ1v) is 8.82. The van der Waals surface area contributed by atoms with E-state index in [0.29, 0.717) is 30.4 Å². The van der Waals surface area contributed by atoms with Crippen molar-refractivity contribution in [3.05, 3.63) is 70.6 Å². The highest BCUT2D eigenvalue weighted by atomic mass is 16.5. The fourth-order valence-electron chi connectivity index (χ4n) is 4.41. The van der Waals surface area contributed by atoms with Crippen LogP contribution in [0.25, 0.3) is 0 Å². The quantitative estimate of drug-likeness (QED) is 0.675. The van der Waals surface area contributed by atoms with Gasteiger partial charge in [0.2, 0.25) is 17.2 Å². The Morgan fingerprint density at radius 2 is 1.77 bits per heavy atom. The average Bonchev–Trinajstić information content (AvgIpc) is 2.85. The number of Topliss-reactive ketones (excluding diaryl/α,β-unsaturated/α-hetero) is 3. The normalized spacial score (nSPS) is 26.0. The van der Waals surface area contributed by atoms with E-state index in [0.717, 1.165) is 11.3 Å². The molecule has 0 saturated carbocycles. The number of allylic oxidation sites excluding steroid dienone is 3. The summed E-state index contributed by atoms with van der Waals surface area (Å²) in [6, 6.07) is 6.72. The molecule has 0 N–H and O–H groups in total. The topological polar surface area (TPSA) is 63.7 Å². The third-order valence-corrected chi connectivity index (χ3v) is 5.54. The second-order valence-corrected chi connectivity index (χ2v) is 7.13. The Kier molecular flexibility index (Phi) is 3.04. The van der Waals surface area contributed by atoms with Crippen LogP contribution in [0.3, 0.4) is 0 Å². The van der Waals surface area contributed by atoms with Crippen LogP contribution in [0.4, 0.5) is 0 Å². The summed E-state index contributed by atoms with van der Waals surface area (Å²) < 4.78 is 6.15. The third kappa shape index (κ3) is 1.76. The van der Waals surface area contributed by atoms with E-state index in [1.807, 2.05) is 30.2 Å². The van der Waals surface area contributed by atoms with Gasteiger partial charge in [0, 0.05) is 29.4 Å². The molecule has 0 bridgehead atoms. The summed E-state index contributed by atoms with van der Waals surface area (Å²) in [5, 5.41) is 0. The molecule has 0 amide bonds. The van der Waals surface area contributed by atoms with Gasteiger partial charge in [-0.15, -0.1) is 0 Å². The number of hydrogen-bond donors (Lipinski definition) is 0. The van der Waals surface area contributed by atoms with Crippen LogP contribution < -0.4 is 0 Å². The van der Waals surface area contributed by atoms with Crippen LogP contribution in [0.15, 0.2) is 59.5 Å². The molecular weight excluding hydrogens is 330 g/mol. The van der Waals surface area contributed by atoms with Crippen molar-refractivity contribution in [2.75, 3.05) is 0 Å². The Balaban J connectivity index is 1.79. The Morgan fingerprint density at radius 1 is 1.08 bits per heavy atom. The van der Waals surface area contributed by atoms with E-state index in [1.165, 1.54) is 0 Å². The summed E-state index contributed by atoms with van der Waals surface area (Å²) in [6.45, 7) is 1.96. The standard InChI is InChI=1S/C21H17NO4/c1-12-9-10-17-22(11-12)15-7-4-8-16(23)18(15)21(26-17)19(24)13-5-2-3-6-14(13)20(21)25/h2-3,5-6,9-11,17H,4,7-8H2,1H3/t17-/m1/s1. The van der Waals surface area contributed by atoms with Gasteiger partial charge in [0.25, 0.3) is 0 Å². The second-order valence-electron chi connectivity index (χ2n) is 7.13. The first kappa shape index (κ1) is 15.5. The van der Waals surface area contributed by atoms with Crippen LogP contribution in [0, 0.1) is 0 Å². The zero-order chi connectivity index (χ0) is 18.1. The van der Waals surface area contributed by atoms with Crippen LogP contribution in [-0.2, 0) is 9.53 Å². The number of rotatable bonds is 0. The molecule has 0 saturated heterocycles. The Morgan fingerprint density at radius 3 is 2.46 bits per heavy atom. The van der Waals surface area contributed by atoms with Crippen LogP contribution in [0.5, 0.6) is 0 Å². The molecule has 5 nitrogen and oxygen atoms in total. The van der Waals surface area contributed by atoms with Gasteiger partial charge in [0.05, 0.1) is 5.57 Å². The van der Waals surface area contributed by atoms with Gasteiger partial charge in [-0.2, -0.15) is 0 Å². The Bertz CT molecular complexity index is 946. The minimum atomic E-state index is -1.83. The minimum Gasteiger partial charge on any atom is -0.326 e. The molecule has 130 valence electrons. The first-order chi connectivity index (χ1) is 12.5. The van der Waals surface area contributed by atoms with E-state index in [2.05, 4.69) is 0 Å². The number of hydrogen-bond acceptors (Lipinski definition) is 5. The largest absolute Gasteiger partial charge is 0.326 e. The summed E-state index contributed by atoms with van der Waals surface area (Å²) in [5.41, 5.74) is 0.853. The number of nitrogens with zero attached hydrogens (tertiary/aromatic N) is 1. The van der Waals surface area contributed by atoms with Crippen molar-refractivity contribution in [3.8, 4) is 0 Å². The van der Waals surface area contributed by atoms with Gasteiger partial charge in [-0.05, 0) is 31.4 Å². The highest BCUT2D eigenvalue weighted by molar-refractivity contribution is 6.37. The lowest BCUT2D eigenvalue weighted by atomic mass is 9.77. The number of carbonyl (C=O) groups is 3. The zero-order valence-electron chi connectivity index (χ0n) is 14.3. The van der Waals surface area contributed by atoms with Gasteiger partial charge in [-0.3, -0.25) is 14.4 Å². The van der Waals surface area contributed by atoms with Gasteiger partial charge < -0.3 is 9.64 Å². The molecule has 1 aromatic carbocycles. The minimum absolute atomic E-state index is 0.167. The molecule has 4 aliphatic rings. The molecular formula is C21H17NO4. The molecule has 2 aliphatic heterocycles. The van der Waals surface area contributed by atoms with E-state index < -0.39 is 23.4 Å².